The molecule has 39 heavy (non-hydrogen) atoms. The number of carbonyl (C=O) groups excluding carboxylic acids is 1. The van der Waals surface area contributed by atoms with E-state index in [0.29, 0.717) is 40.7 Å². The number of nitriles is 1. The van der Waals surface area contributed by atoms with E-state index < -0.39 is 11.9 Å². The molecule has 2 N–H and O–H groups in total. The summed E-state index contributed by atoms with van der Waals surface area (Å²) in [6, 6.07) is 30.7. The Morgan fingerprint density at radius 1 is 0.923 bits per heavy atom. The van der Waals surface area contributed by atoms with Crippen molar-refractivity contribution in [1.29, 1.82) is 5.26 Å². The van der Waals surface area contributed by atoms with Crippen LogP contribution in [-0.2, 0) is 0 Å². The van der Waals surface area contributed by atoms with E-state index >= 15 is 0 Å². The zero-order chi connectivity index (χ0) is 27.2. The van der Waals surface area contributed by atoms with Crippen LogP contribution in [0, 0.1) is 11.3 Å². The molecule has 1 unspecified atom stereocenters. The summed E-state index contributed by atoms with van der Waals surface area (Å²) in [5, 5.41) is 9.91. The highest BCUT2D eigenvalue weighted by Crippen LogP contribution is 2.44. The number of hydrogen-bond acceptors (Lipinski definition) is 7. The van der Waals surface area contributed by atoms with Gasteiger partial charge in [0.2, 0.25) is 5.88 Å². The van der Waals surface area contributed by atoms with Gasteiger partial charge >= 0.3 is 5.97 Å². The molecule has 1 heterocycles. The van der Waals surface area contributed by atoms with Crippen molar-refractivity contribution in [2.45, 2.75) is 5.92 Å². The average Bonchev–Trinajstić information content (AvgIpc) is 2.96. The number of carbonyl (C=O) groups is 1. The summed E-state index contributed by atoms with van der Waals surface area (Å²) in [6.45, 7) is 3.98. The molecule has 192 valence electrons. The van der Waals surface area contributed by atoms with Gasteiger partial charge in [-0.05, 0) is 60.2 Å². The van der Waals surface area contributed by atoms with Gasteiger partial charge in [-0.3, -0.25) is 0 Å². The fourth-order valence-electron chi connectivity index (χ4n) is 4.23. The molecule has 1 aliphatic heterocycles. The second kappa shape index (κ2) is 11.3. The van der Waals surface area contributed by atoms with Crippen LogP contribution in [0.4, 0.5) is 0 Å². The van der Waals surface area contributed by atoms with Crippen molar-refractivity contribution >= 4 is 5.97 Å². The number of esters is 1. The van der Waals surface area contributed by atoms with Crippen LogP contribution < -0.4 is 24.7 Å². The number of para-hydroxylation sites is 1. The first-order valence-electron chi connectivity index (χ1n) is 12.2. The van der Waals surface area contributed by atoms with Gasteiger partial charge in [0.05, 0.1) is 11.5 Å². The van der Waals surface area contributed by atoms with Crippen molar-refractivity contribution in [3.63, 3.8) is 0 Å². The SMILES string of the molecule is C=CCOc1ccc(C(=O)Oc2ccc3c(c2)OC(N)=C(C#N)C3c2cccc(Oc3ccccc3)c2)cc1. The zero-order valence-electron chi connectivity index (χ0n) is 20.9. The predicted molar refractivity (Wildman–Crippen MR) is 146 cm³/mol. The van der Waals surface area contributed by atoms with Crippen LogP contribution in [0.25, 0.3) is 0 Å². The van der Waals surface area contributed by atoms with Gasteiger partial charge in [0, 0.05) is 11.6 Å². The Hall–Kier alpha value is -5.48. The molecule has 0 aliphatic carbocycles. The maximum Gasteiger partial charge on any atom is 0.343 e. The molecular formula is C32H24N2O5. The maximum absolute atomic E-state index is 12.7. The van der Waals surface area contributed by atoms with E-state index in [1.807, 2.05) is 54.6 Å². The monoisotopic (exact) mass is 516 g/mol. The molecule has 0 spiro atoms. The van der Waals surface area contributed by atoms with Gasteiger partial charge in [0.1, 0.15) is 47.0 Å². The molecule has 7 heteroatoms. The highest BCUT2D eigenvalue weighted by Gasteiger charge is 2.31. The molecule has 4 aromatic carbocycles. The lowest BCUT2D eigenvalue weighted by molar-refractivity contribution is 0.0734. The number of nitrogens with two attached hydrogens (primary N) is 1. The minimum Gasteiger partial charge on any atom is -0.490 e. The third kappa shape index (κ3) is 5.60. The molecule has 0 fully saturated rings. The lowest BCUT2D eigenvalue weighted by Crippen LogP contribution is -2.21. The van der Waals surface area contributed by atoms with Crippen molar-refractivity contribution in [3.8, 4) is 34.8 Å². The molecule has 0 aromatic heterocycles. The average molecular weight is 517 g/mol. The molecule has 7 nitrogen and oxygen atoms in total. The Morgan fingerprint density at radius 2 is 1.67 bits per heavy atom. The van der Waals surface area contributed by atoms with Gasteiger partial charge in [-0.2, -0.15) is 5.26 Å². The fraction of sp³-hybridized carbons (Fsp3) is 0.0625. The van der Waals surface area contributed by atoms with Crippen LogP contribution in [0.3, 0.4) is 0 Å². The molecule has 0 amide bonds. The first-order valence-corrected chi connectivity index (χ1v) is 12.2. The van der Waals surface area contributed by atoms with Crippen molar-refractivity contribution < 1.29 is 23.7 Å². The van der Waals surface area contributed by atoms with Gasteiger partial charge in [0.25, 0.3) is 0 Å². The molecule has 0 saturated carbocycles. The summed E-state index contributed by atoms with van der Waals surface area (Å²) in [6.07, 6.45) is 1.64. The molecular weight excluding hydrogens is 492 g/mol. The predicted octanol–water partition coefficient (Wildman–Crippen LogP) is 6.48. The van der Waals surface area contributed by atoms with Crippen LogP contribution in [0.1, 0.15) is 27.4 Å². The van der Waals surface area contributed by atoms with Gasteiger partial charge in [-0.1, -0.05) is 49.1 Å². The van der Waals surface area contributed by atoms with E-state index in [-0.39, 0.29) is 17.2 Å². The summed E-state index contributed by atoms with van der Waals surface area (Å²) in [5.41, 5.74) is 8.31. The van der Waals surface area contributed by atoms with Gasteiger partial charge in [-0.15, -0.1) is 0 Å². The van der Waals surface area contributed by atoms with Crippen molar-refractivity contribution in [2.75, 3.05) is 6.61 Å². The summed E-state index contributed by atoms with van der Waals surface area (Å²) < 4.78 is 22.8. The topological polar surface area (TPSA) is 104 Å². The van der Waals surface area contributed by atoms with Gasteiger partial charge < -0.3 is 24.7 Å². The highest BCUT2D eigenvalue weighted by molar-refractivity contribution is 5.91. The number of fused-ring (bicyclic) bond motifs is 1. The van der Waals surface area contributed by atoms with Crippen LogP contribution >= 0.6 is 0 Å². The largest absolute Gasteiger partial charge is 0.490 e. The molecule has 0 radical (unpaired) electrons. The Kier molecular flexibility index (Phi) is 7.28. The summed E-state index contributed by atoms with van der Waals surface area (Å²) in [4.78, 5) is 12.7. The smallest absolute Gasteiger partial charge is 0.343 e. The Bertz CT molecular complexity index is 1590. The molecule has 1 aliphatic rings. The van der Waals surface area contributed by atoms with Crippen LogP contribution in [0.5, 0.6) is 28.7 Å². The van der Waals surface area contributed by atoms with Crippen LogP contribution in [-0.4, -0.2) is 12.6 Å². The number of benzene rings is 4. The summed E-state index contributed by atoms with van der Waals surface area (Å²) >= 11 is 0. The quantitative estimate of drug-likeness (QED) is 0.162. The first kappa shape index (κ1) is 25.2. The van der Waals surface area contributed by atoms with Crippen molar-refractivity contribution in [3.05, 3.63) is 138 Å². The third-order valence-electron chi connectivity index (χ3n) is 6.03. The lowest BCUT2D eigenvalue weighted by Gasteiger charge is -2.27. The maximum atomic E-state index is 12.7. The van der Waals surface area contributed by atoms with Gasteiger partial charge in [-0.25, -0.2) is 4.79 Å². The Balaban J connectivity index is 1.40. The van der Waals surface area contributed by atoms with E-state index in [9.17, 15) is 10.1 Å². The van der Waals surface area contributed by atoms with E-state index in [1.54, 1.807) is 48.5 Å². The number of hydrogen-bond donors (Lipinski definition) is 1. The number of nitrogens with zero attached hydrogens (tertiary/aromatic N) is 1. The van der Waals surface area contributed by atoms with E-state index in [1.165, 1.54) is 0 Å². The van der Waals surface area contributed by atoms with Crippen LogP contribution in [0.2, 0.25) is 0 Å². The third-order valence-corrected chi connectivity index (χ3v) is 6.03. The molecule has 0 saturated heterocycles. The number of rotatable bonds is 8. The molecule has 4 aromatic rings. The second-order valence-corrected chi connectivity index (χ2v) is 8.63. The second-order valence-electron chi connectivity index (χ2n) is 8.63. The van der Waals surface area contributed by atoms with Crippen molar-refractivity contribution in [2.24, 2.45) is 5.73 Å². The lowest BCUT2D eigenvalue weighted by atomic mass is 9.83. The fourth-order valence-corrected chi connectivity index (χ4v) is 4.23. The van der Waals surface area contributed by atoms with Crippen molar-refractivity contribution in [1.82, 2.24) is 0 Å². The normalized spacial score (nSPS) is 13.9. The number of allylic oxidation sites excluding steroid dienone is 1. The summed E-state index contributed by atoms with van der Waals surface area (Å²) in [5.74, 6) is 1.56. The van der Waals surface area contributed by atoms with E-state index in [0.717, 1.165) is 5.56 Å². The van der Waals surface area contributed by atoms with Gasteiger partial charge in [0.15, 0.2) is 0 Å². The standard InChI is InChI=1S/C32H24N2O5/c1-2-17-36-23-13-11-21(12-14-23)32(35)38-26-15-16-27-29(19-26)39-31(34)28(20-33)30(27)22-7-6-10-25(18-22)37-24-8-4-3-5-9-24/h2-16,18-19,30H,1,17,34H2. The molecule has 1 atom stereocenters. The molecule has 5 rings (SSSR count). The summed E-state index contributed by atoms with van der Waals surface area (Å²) in [7, 11) is 0. The van der Waals surface area contributed by atoms with E-state index in [2.05, 4.69) is 12.6 Å². The minimum absolute atomic E-state index is 0.0111. The number of ether oxygens (including phenoxy) is 4. The zero-order valence-corrected chi connectivity index (χ0v) is 20.9. The Morgan fingerprint density at radius 3 is 2.41 bits per heavy atom. The highest BCUT2D eigenvalue weighted by atomic mass is 16.5. The Labute approximate surface area is 225 Å². The van der Waals surface area contributed by atoms with E-state index in [4.69, 9.17) is 24.7 Å². The first-order chi connectivity index (χ1) is 19.1. The van der Waals surface area contributed by atoms with Crippen LogP contribution in [0.15, 0.2) is 121 Å². The minimum atomic E-state index is -0.537. The molecule has 0 bridgehead atoms.